The Morgan fingerprint density at radius 2 is 2.28 bits per heavy atom. The summed E-state index contributed by atoms with van der Waals surface area (Å²) in [5.74, 6) is 2.79. The molecule has 1 aliphatic rings. The maximum Gasteiger partial charge on any atom is 0.223 e. The Hall–Kier alpha value is -1.34. The second-order valence-corrected chi connectivity index (χ2v) is 5.44. The number of nitrogens with one attached hydrogen (secondary N) is 1. The normalized spacial score (nSPS) is 17.7. The Balaban J connectivity index is 2.75. The summed E-state index contributed by atoms with van der Waals surface area (Å²) >= 11 is 0. The summed E-state index contributed by atoms with van der Waals surface area (Å²) in [7, 11) is 0. The number of likely N-dealkylation sites (tertiary alicyclic amines) is 1. The minimum absolute atomic E-state index is 0.127. The average Bonchev–Trinajstić information content (AvgIpc) is 2.70. The zero-order chi connectivity index (χ0) is 13.8. The smallest absolute Gasteiger partial charge is 0.223 e. The largest absolute Gasteiger partial charge is 0.327 e. The molecule has 0 radical (unpaired) electrons. The molecule has 1 rings (SSSR count). The van der Waals surface area contributed by atoms with Crippen LogP contribution in [-0.2, 0) is 9.59 Å². The van der Waals surface area contributed by atoms with E-state index in [4.69, 9.17) is 6.42 Å². The van der Waals surface area contributed by atoms with Crippen molar-refractivity contribution in [2.24, 2.45) is 5.41 Å². The molecular formula is C14H22N2O2. The van der Waals surface area contributed by atoms with Gasteiger partial charge in [0, 0.05) is 18.4 Å². The van der Waals surface area contributed by atoms with Crippen molar-refractivity contribution < 1.29 is 9.59 Å². The van der Waals surface area contributed by atoms with E-state index in [1.165, 1.54) is 0 Å². The number of carbonyl (C=O) groups excluding carboxylic acids is 2. The summed E-state index contributed by atoms with van der Waals surface area (Å²) in [6.07, 6.45) is 7.17. The number of carbonyl (C=O) groups is 2. The fraction of sp³-hybridized carbons (Fsp3) is 0.714. The van der Waals surface area contributed by atoms with Gasteiger partial charge in [0.05, 0.1) is 12.7 Å². The van der Waals surface area contributed by atoms with E-state index >= 15 is 0 Å². The van der Waals surface area contributed by atoms with Gasteiger partial charge in [-0.05, 0) is 19.8 Å². The summed E-state index contributed by atoms with van der Waals surface area (Å²) in [6.45, 7) is 6.54. The summed E-state index contributed by atoms with van der Waals surface area (Å²) in [5.41, 5.74) is -0.449. The summed E-state index contributed by atoms with van der Waals surface area (Å²) in [4.78, 5) is 25.2. The number of terminal acetylenes is 1. The van der Waals surface area contributed by atoms with Crippen LogP contribution in [0.4, 0.5) is 0 Å². The minimum atomic E-state index is -0.449. The predicted octanol–water partition coefficient (Wildman–Crippen LogP) is 1.16. The number of Topliss-reactive ketones (excluding diaryl/α,β-unsaturated/α-hetero) is 1. The molecule has 0 aliphatic carbocycles. The molecule has 1 N–H and O–H groups in total. The van der Waals surface area contributed by atoms with Gasteiger partial charge in [-0.1, -0.05) is 19.8 Å². The Labute approximate surface area is 109 Å². The minimum Gasteiger partial charge on any atom is -0.327 e. The molecule has 1 aliphatic heterocycles. The summed E-state index contributed by atoms with van der Waals surface area (Å²) in [6, 6.07) is 0. The third-order valence-corrected chi connectivity index (χ3v) is 3.58. The second kappa shape index (κ2) is 6.01. The maximum atomic E-state index is 11.8. The van der Waals surface area contributed by atoms with Gasteiger partial charge >= 0.3 is 0 Å². The van der Waals surface area contributed by atoms with Crippen LogP contribution in [0, 0.1) is 17.8 Å². The SMILES string of the molecule is C#CCNC(CC(C)(C)C(C)=O)N1CCCC1=O. The first-order valence-electron chi connectivity index (χ1n) is 6.36. The number of amides is 1. The lowest BCUT2D eigenvalue weighted by Gasteiger charge is -2.34. The van der Waals surface area contributed by atoms with Crippen LogP contribution in [0.15, 0.2) is 0 Å². The van der Waals surface area contributed by atoms with Crippen LogP contribution >= 0.6 is 0 Å². The van der Waals surface area contributed by atoms with Gasteiger partial charge in [-0.25, -0.2) is 0 Å². The quantitative estimate of drug-likeness (QED) is 0.720. The predicted molar refractivity (Wildman–Crippen MR) is 70.6 cm³/mol. The summed E-state index contributed by atoms with van der Waals surface area (Å²) < 4.78 is 0. The molecule has 0 spiro atoms. The second-order valence-electron chi connectivity index (χ2n) is 5.44. The fourth-order valence-electron chi connectivity index (χ4n) is 2.09. The molecule has 0 aromatic carbocycles. The van der Waals surface area contributed by atoms with Gasteiger partial charge in [0.15, 0.2) is 0 Å². The van der Waals surface area contributed by atoms with Gasteiger partial charge in [0.2, 0.25) is 5.91 Å². The first-order valence-corrected chi connectivity index (χ1v) is 6.36. The molecule has 1 atom stereocenters. The van der Waals surface area contributed by atoms with Crippen molar-refractivity contribution in [3.05, 3.63) is 0 Å². The van der Waals surface area contributed by atoms with Crippen molar-refractivity contribution in [1.29, 1.82) is 0 Å². The van der Waals surface area contributed by atoms with Gasteiger partial charge in [-0.3, -0.25) is 14.9 Å². The number of ketones is 1. The van der Waals surface area contributed by atoms with Gasteiger partial charge in [0.25, 0.3) is 0 Å². The Kier molecular flexibility index (Phi) is 4.92. The van der Waals surface area contributed by atoms with Crippen LogP contribution < -0.4 is 5.32 Å². The van der Waals surface area contributed by atoms with E-state index in [1.807, 2.05) is 18.7 Å². The zero-order valence-electron chi connectivity index (χ0n) is 11.5. The van der Waals surface area contributed by atoms with Gasteiger partial charge in [-0.15, -0.1) is 6.42 Å². The van der Waals surface area contributed by atoms with Crippen molar-refractivity contribution in [2.45, 2.75) is 46.2 Å². The molecule has 1 heterocycles. The lowest BCUT2D eigenvalue weighted by Crippen LogP contribution is -2.49. The van der Waals surface area contributed by atoms with E-state index in [2.05, 4.69) is 11.2 Å². The lowest BCUT2D eigenvalue weighted by molar-refractivity contribution is -0.133. The Bertz CT molecular complexity index is 368. The molecule has 0 saturated carbocycles. The van der Waals surface area contributed by atoms with E-state index in [0.29, 0.717) is 19.4 Å². The number of nitrogens with zero attached hydrogens (tertiary/aromatic N) is 1. The molecule has 0 bridgehead atoms. The highest BCUT2D eigenvalue weighted by molar-refractivity contribution is 5.82. The van der Waals surface area contributed by atoms with E-state index in [-0.39, 0.29) is 17.9 Å². The molecule has 1 saturated heterocycles. The van der Waals surface area contributed by atoms with Crippen LogP contribution in [0.2, 0.25) is 0 Å². The van der Waals surface area contributed by atoms with Gasteiger partial charge in [-0.2, -0.15) is 0 Å². The van der Waals surface area contributed by atoms with Crippen LogP contribution in [0.25, 0.3) is 0 Å². The topological polar surface area (TPSA) is 49.4 Å². The molecule has 1 fully saturated rings. The van der Waals surface area contributed by atoms with E-state index in [0.717, 1.165) is 13.0 Å². The van der Waals surface area contributed by atoms with E-state index in [1.54, 1.807) is 6.92 Å². The zero-order valence-corrected chi connectivity index (χ0v) is 11.5. The molecule has 18 heavy (non-hydrogen) atoms. The van der Waals surface area contributed by atoms with Crippen LogP contribution in [0.1, 0.15) is 40.0 Å². The van der Waals surface area contributed by atoms with Gasteiger partial charge in [0.1, 0.15) is 5.78 Å². The standard InChI is InChI=1S/C14H22N2O2/c1-5-8-15-12(10-14(3,4)11(2)17)16-9-6-7-13(16)18/h1,12,15H,6-10H2,2-4H3. The van der Waals surface area contributed by atoms with Crippen molar-refractivity contribution in [3.63, 3.8) is 0 Å². The van der Waals surface area contributed by atoms with Crippen LogP contribution in [0.3, 0.4) is 0 Å². The van der Waals surface area contributed by atoms with Gasteiger partial charge < -0.3 is 4.90 Å². The lowest BCUT2D eigenvalue weighted by atomic mass is 9.83. The first kappa shape index (κ1) is 14.7. The van der Waals surface area contributed by atoms with E-state index < -0.39 is 5.41 Å². The van der Waals surface area contributed by atoms with Crippen LogP contribution in [-0.4, -0.2) is 35.8 Å². The Morgan fingerprint density at radius 1 is 1.61 bits per heavy atom. The van der Waals surface area contributed by atoms with Crippen molar-refractivity contribution in [2.75, 3.05) is 13.1 Å². The van der Waals surface area contributed by atoms with E-state index in [9.17, 15) is 9.59 Å². The third kappa shape index (κ3) is 3.58. The Morgan fingerprint density at radius 3 is 2.72 bits per heavy atom. The summed E-state index contributed by atoms with van der Waals surface area (Å²) in [5, 5.41) is 3.17. The highest BCUT2D eigenvalue weighted by Gasteiger charge is 2.34. The number of hydrogen-bond donors (Lipinski definition) is 1. The highest BCUT2D eigenvalue weighted by Crippen LogP contribution is 2.26. The maximum absolute atomic E-state index is 11.8. The third-order valence-electron chi connectivity index (χ3n) is 3.58. The molecule has 1 unspecified atom stereocenters. The average molecular weight is 250 g/mol. The first-order chi connectivity index (χ1) is 8.38. The molecular weight excluding hydrogens is 228 g/mol. The molecule has 1 amide bonds. The van der Waals surface area contributed by atoms with Crippen molar-refractivity contribution in [1.82, 2.24) is 10.2 Å². The number of hydrogen-bond acceptors (Lipinski definition) is 3. The molecule has 0 aromatic rings. The molecule has 4 nitrogen and oxygen atoms in total. The number of rotatable bonds is 6. The van der Waals surface area contributed by atoms with Crippen molar-refractivity contribution >= 4 is 11.7 Å². The van der Waals surface area contributed by atoms with Crippen molar-refractivity contribution in [3.8, 4) is 12.3 Å². The molecule has 0 aromatic heterocycles. The molecule has 100 valence electrons. The molecule has 4 heteroatoms. The monoisotopic (exact) mass is 250 g/mol. The highest BCUT2D eigenvalue weighted by atomic mass is 16.2. The fourth-order valence-corrected chi connectivity index (χ4v) is 2.09. The van der Waals surface area contributed by atoms with Crippen LogP contribution in [0.5, 0.6) is 0 Å².